The van der Waals surface area contributed by atoms with Crippen LogP contribution in [0.1, 0.15) is 46.6 Å². The van der Waals surface area contributed by atoms with Crippen molar-refractivity contribution in [1.82, 2.24) is 24.3 Å². The van der Waals surface area contributed by atoms with E-state index in [1.807, 2.05) is 38.5 Å². The van der Waals surface area contributed by atoms with E-state index in [-0.39, 0.29) is 17.8 Å². The van der Waals surface area contributed by atoms with Crippen molar-refractivity contribution in [3.63, 3.8) is 0 Å². The summed E-state index contributed by atoms with van der Waals surface area (Å²) in [4.78, 5) is 25.4. The van der Waals surface area contributed by atoms with Crippen LogP contribution in [0.3, 0.4) is 0 Å². The highest BCUT2D eigenvalue weighted by molar-refractivity contribution is 5.95. The van der Waals surface area contributed by atoms with Gasteiger partial charge in [0.05, 0.1) is 0 Å². The number of amides is 1. The number of carbonyl (C=O) groups is 1. The third kappa shape index (κ3) is 4.92. The van der Waals surface area contributed by atoms with E-state index in [1.165, 1.54) is 16.7 Å². The third-order valence-electron chi connectivity index (χ3n) is 7.77. The molecule has 0 aliphatic carbocycles. The van der Waals surface area contributed by atoms with Gasteiger partial charge in [0.25, 0.3) is 5.91 Å². The van der Waals surface area contributed by atoms with Crippen molar-refractivity contribution >= 4 is 28.3 Å². The minimum atomic E-state index is -0.336. The topological polar surface area (TPSA) is 66.3 Å². The molecular formula is C31H35FN6O. The molecule has 1 atom stereocenters. The smallest absolute Gasteiger partial charge is 0.253 e. The number of anilines is 1. The Bertz CT molecular complexity index is 1550. The maximum Gasteiger partial charge on any atom is 0.253 e. The molecule has 4 aromatic rings. The monoisotopic (exact) mass is 526 g/mol. The van der Waals surface area contributed by atoms with Gasteiger partial charge in [-0.3, -0.25) is 9.69 Å². The molecule has 39 heavy (non-hydrogen) atoms. The van der Waals surface area contributed by atoms with Gasteiger partial charge in [-0.25, -0.2) is 14.4 Å². The van der Waals surface area contributed by atoms with Gasteiger partial charge in [0.1, 0.15) is 17.3 Å². The number of carbonyl (C=O) groups excluding carboxylic acids is 1. The van der Waals surface area contributed by atoms with E-state index in [4.69, 9.17) is 0 Å². The fourth-order valence-corrected chi connectivity index (χ4v) is 5.58. The molecule has 0 fully saturated rings. The first-order valence-electron chi connectivity index (χ1n) is 13.2. The van der Waals surface area contributed by atoms with Crippen molar-refractivity contribution in [2.45, 2.75) is 26.3 Å². The quantitative estimate of drug-likeness (QED) is 0.350. The molecule has 7 nitrogen and oxygen atoms in total. The van der Waals surface area contributed by atoms with Crippen molar-refractivity contribution in [2.75, 3.05) is 39.5 Å². The average Bonchev–Trinajstić information content (AvgIpc) is 3.28. The Morgan fingerprint density at radius 1 is 1.15 bits per heavy atom. The summed E-state index contributed by atoms with van der Waals surface area (Å²) >= 11 is 0. The summed E-state index contributed by atoms with van der Waals surface area (Å²) in [7, 11) is 7.27. The highest BCUT2D eigenvalue weighted by Crippen LogP contribution is 2.35. The Hall–Kier alpha value is -4.04. The second kappa shape index (κ2) is 10.6. The van der Waals surface area contributed by atoms with Gasteiger partial charge in [-0.15, -0.1) is 0 Å². The number of halogens is 1. The maximum atomic E-state index is 15.2. The van der Waals surface area contributed by atoms with E-state index < -0.39 is 0 Å². The molecule has 8 heteroatoms. The average molecular weight is 527 g/mol. The number of nitrogens with one attached hydrogen (secondary N) is 1. The van der Waals surface area contributed by atoms with E-state index in [2.05, 4.69) is 56.9 Å². The number of rotatable bonds is 6. The van der Waals surface area contributed by atoms with E-state index in [1.54, 1.807) is 20.2 Å². The Balaban J connectivity index is 1.40. The van der Waals surface area contributed by atoms with Gasteiger partial charge in [0.15, 0.2) is 0 Å². The predicted octanol–water partition coefficient (Wildman–Crippen LogP) is 5.68. The number of fused-ring (bicyclic) bond motifs is 1. The fraction of sp³-hybridized carbons (Fsp3) is 0.323. The van der Waals surface area contributed by atoms with Gasteiger partial charge < -0.3 is 14.8 Å². The van der Waals surface area contributed by atoms with Crippen molar-refractivity contribution in [1.29, 1.82) is 0 Å². The zero-order valence-electron chi connectivity index (χ0n) is 23.4. The first-order chi connectivity index (χ1) is 18.7. The van der Waals surface area contributed by atoms with Crippen molar-refractivity contribution in [2.24, 2.45) is 7.05 Å². The molecule has 5 rings (SSSR count). The Labute approximate surface area is 229 Å². The van der Waals surface area contributed by atoms with Gasteiger partial charge in [-0.05, 0) is 73.4 Å². The molecule has 0 bridgehead atoms. The summed E-state index contributed by atoms with van der Waals surface area (Å²) in [5.41, 5.74) is 7.05. The normalized spacial score (nSPS) is 14.8. The van der Waals surface area contributed by atoms with E-state index >= 15 is 4.39 Å². The lowest BCUT2D eigenvalue weighted by Crippen LogP contribution is -2.32. The highest BCUT2D eigenvalue weighted by Gasteiger charge is 2.25. The van der Waals surface area contributed by atoms with Gasteiger partial charge >= 0.3 is 0 Å². The van der Waals surface area contributed by atoms with Crippen LogP contribution >= 0.6 is 0 Å². The van der Waals surface area contributed by atoms with Crippen LogP contribution in [-0.2, 0) is 7.05 Å². The predicted molar refractivity (Wildman–Crippen MR) is 155 cm³/mol. The number of aryl methyl sites for hydroxylation is 2. The standard InChI is InChI=1S/C31H35FN6O/c1-19-15-23(31(39)36(4)5)16-26(32)29(19)21-10-13-38(14-11-21)20(2)27-17-25-24(9-12-34-30(25)37(27)6)22-7-8-28(33-3)35-18-22/h7-10,12,15-18,20H,11,13-14H2,1-6H3,(H,33,35). The van der Waals surface area contributed by atoms with Crippen molar-refractivity contribution in [3.05, 3.63) is 83.1 Å². The Kier molecular flexibility index (Phi) is 7.23. The van der Waals surface area contributed by atoms with Crippen LogP contribution in [0, 0.1) is 12.7 Å². The van der Waals surface area contributed by atoms with E-state index in [9.17, 15) is 4.79 Å². The molecule has 1 aliphatic heterocycles. The van der Waals surface area contributed by atoms with Crippen LogP contribution in [0.25, 0.3) is 27.7 Å². The number of nitrogens with zero attached hydrogens (tertiary/aromatic N) is 5. The second-order valence-corrected chi connectivity index (χ2v) is 10.4. The lowest BCUT2D eigenvalue weighted by Gasteiger charge is -2.32. The summed E-state index contributed by atoms with van der Waals surface area (Å²) in [5.74, 6) is 0.300. The number of benzene rings is 1. The van der Waals surface area contributed by atoms with Crippen LogP contribution in [0.15, 0.2) is 54.9 Å². The van der Waals surface area contributed by atoms with Gasteiger partial charge in [0.2, 0.25) is 0 Å². The van der Waals surface area contributed by atoms with Crippen LogP contribution in [0.5, 0.6) is 0 Å². The molecule has 1 N–H and O–H groups in total. The van der Waals surface area contributed by atoms with Gasteiger partial charge in [-0.1, -0.05) is 6.08 Å². The molecular weight excluding hydrogens is 491 g/mol. The lowest BCUT2D eigenvalue weighted by molar-refractivity contribution is 0.0827. The molecule has 0 radical (unpaired) electrons. The van der Waals surface area contributed by atoms with Crippen LogP contribution in [0.4, 0.5) is 10.2 Å². The molecule has 4 heterocycles. The maximum absolute atomic E-state index is 15.2. The largest absolute Gasteiger partial charge is 0.373 e. The van der Waals surface area contributed by atoms with Gasteiger partial charge in [0, 0.05) is 87.5 Å². The zero-order chi connectivity index (χ0) is 27.8. The van der Waals surface area contributed by atoms with Crippen LogP contribution < -0.4 is 5.32 Å². The summed E-state index contributed by atoms with van der Waals surface area (Å²) in [6.45, 7) is 5.61. The Morgan fingerprint density at radius 2 is 1.95 bits per heavy atom. The highest BCUT2D eigenvalue weighted by atomic mass is 19.1. The second-order valence-electron chi connectivity index (χ2n) is 10.4. The first kappa shape index (κ1) is 26.6. The molecule has 202 valence electrons. The molecule has 3 aromatic heterocycles. The molecule has 0 saturated heterocycles. The summed E-state index contributed by atoms with van der Waals surface area (Å²) in [6.07, 6.45) is 6.60. The lowest BCUT2D eigenvalue weighted by atomic mass is 9.92. The van der Waals surface area contributed by atoms with Crippen molar-refractivity contribution in [3.8, 4) is 11.1 Å². The Morgan fingerprint density at radius 3 is 2.56 bits per heavy atom. The number of pyridine rings is 2. The minimum absolute atomic E-state index is 0.144. The van der Waals surface area contributed by atoms with Crippen LogP contribution in [-0.4, -0.2) is 64.5 Å². The SMILES string of the molecule is CNc1ccc(-c2ccnc3c2cc(C(C)N2CC=C(c4c(C)cc(C(=O)N(C)C)cc4F)CC2)n3C)cn1. The van der Waals surface area contributed by atoms with E-state index in [0.717, 1.165) is 52.1 Å². The third-order valence-corrected chi connectivity index (χ3v) is 7.77. The number of aromatic nitrogens is 3. The summed E-state index contributed by atoms with van der Waals surface area (Å²) in [6, 6.07) is 11.6. The van der Waals surface area contributed by atoms with Crippen LogP contribution in [0.2, 0.25) is 0 Å². The molecule has 0 spiro atoms. The molecule has 1 aromatic carbocycles. The summed E-state index contributed by atoms with van der Waals surface area (Å²) < 4.78 is 17.4. The summed E-state index contributed by atoms with van der Waals surface area (Å²) in [5, 5.41) is 4.16. The van der Waals surface area contributed by atoms with E-state index in [0.29, 0.717) is 17.7 Å². The first-order valence-corrected chi connectivity index (χ1v) is 13.2. The molecule has 0 saturated carbocycles. The molecule has 1 amide bonds. The van der Waals surface area contributed by atoms with Crippen molar-refractivity contribution < 1.29 is 9.18 Å². The fourth-order valence-electron chi connectivity index (χ4n) is 5.58. The molecule has 1 aliphatic rings. The number of hydrogen-bond donors (Lipinski definition) is 1. The minimum Gasteiger partial charge on any atom is -0.373 e. The van der Waals surface area contributed by atoms with Gasteiger partial charge in [-0.2, -0.15) is 0 Å². The number of hydrogen-bond acceptors (Lipinski definition) is 5. The zero-order valence-corrected chi connectivity index (χ0v) is 23.4. The molecule has 1 unspecified atom stereocenters.